The highest BCUT2D eigenvalue weighted by Gasteiger charge is 2.37. The van der Waals surface area contributed by atoms with Crippen LogP contribution < -0.4 is 0 Å². The third-order valence-electron chi connectivity index (χ3n) is 5.86. The number of rotatable bonds is 4. The molecule has 0 bridgehead atoms. The maximum absolute atomic E-state index is 4.09. The molecular formula is C24H28. The van der Waals surface area contributed by atoms with Gasteiger partial charge in [0, 0.05) is 5.41 Å². The van der Waals surface area contributed by atoms with E-state index in [2.05, 4.69) is 72.0 Å². The standard InChI is InChI=1S/C24H28/c1-8-15(4)17-11-12-20-21(14-17)24(6,7)22-13-16(5)18(9-2)19(10-3)23(20)22/h9-15H,2-3,8H2,1,4-7H3. The lowest BCUT2D eigenvalue weighted by Crippen LogP contribution is -2.16. The predicted octanol–water partition coefficient (Wildman–Crippen LogP) is 7.10. The topological polar surface area (TPSA) is 0 Å². The summed E-state index contributed by atoms with van der Waals surface area (Å²) >= 11 is 0. The second kappa shape index (κ2) is 5.77. The molecule has 0 aromatic heterocycles. The molecule has 0 heteroatoms. The minimum Gasteiger partial charge on any atom is -0.0984 e. The fraction of sp³-hybridized carbons (Fsp3) is 0.333. The van der Waals surface area contributed by atoms with Crippen LogP contribution in [0, 0.1) is 6.92 Å². The van der Waals surface area contributed by atoms with E-state index in [0.717, 1.165) is 0 Å². The molecule has 0 saturated carbocycles. The van der Waals surface area contributed by atoms with Crippen LogP contribution in [0.5, 0.6) is 0 Å². The zero-order valence-electron chi connectivity index (χ0n) is 15.7. The van der Waals surface area contributed by atoms with Gasteiger partial charge in [0.2, 0.25) is 0 Å². The summed E-state index contributed by atoms with van der Waals surface area (Å²) in [5, 5.41) is 0. The summed E-state index contributed by atoms with van der Waals surface area (Å²) in [5.74, 6) is 0.596. The van der Waals surface area contributed by atoms with Gasteiger partial charge in [0.15, 0.2) is 0 Å². The Hall–Kier alpha value is -2.08. The lowest BCUT2D eigenvalue weighted by atomic mass is 9.80. The Morgan fingerprint density at radius 1 is 1.04 bits per heavy atom. The molecule has 0 fully saturated rings. The van der Waals surface area contributed by atoms with Crippen molar-refractivity contribution in [3.8, 4) is 11.1 Å². The minimum atomic E-state index is 0.0242. The number of fused-ring (bicyclic) bond motifs is 3. The van der Waals surface area contributed by atoms with Crippen molar-refractivity contribution in [1.82, 2.24) is 0 Å². The summed E-state index contributed by atoms with van der Waals surface area (Å²) in [6.07, 6.45) is 5.13. The van der Waals surface area contributed by atoms with Crippen molar-refractivity contribution < 1.29 is 0 Å². The predicted molar refractivity (Wildman–Crippen MR) is 108 cm³/mol. The van der Waals surface area contributed by atoms with Gasteiger partial charge in [-0.25, -0.2) is 0 Å². The van der Waals surface area contributed by atoms with E-state index in [1.807, 2.05) is 12.2 Å². The average Bonchev–Trinajstić information content (AvgIpc) is 2.80. The molecule has 2 aromatic rings. The molecule has 124 valence electrons. The van der Waals surface area contributed by atoms with Crippen LogP contribution in [0.25, 0.3) is 23.3 Å². The molecule has 0 saturated heterocycles. The Bertz CT molecular complexity index is 834. The van der Waals surface area contributed by atoms with E-state index >= 15 is 0 Å². The van der Waals surface area contributed by atoms with E-state index in [9.17, 15) is 0 Å². The Morgan fingerprint density at radius 2 is 1.71 bits per heavy atom. The highest BCUT2D eigenvalue weighted by atomic mass is 14.4. The van der Waals surface area contributed by atoms with Gasteiger partial charge < -0.3 is 0 Å². The van der Waals surface area contributed by atoms with Crippen LogP contribution in [0.15, 0.2) is 37.4 Å². The molecule has 0 radical (unpaired) electrons. The first-order valence-corrected chi connectivity index (χ1v) is 8.94. The van der Waals surface area contributed by atoms with Crippen molar-refractivity contribution in [2.75, 3.05) is 0 Å². The SMILES string of the molecule is C=Cc1c(C)cc2c(c1C=C)-c1ccc(C(C)CC)cc1C2(C)C. The highest BCUT2D eigenvalue weighted by Crippen LogP contribution is 2.52. The third kappa shape index (κ3) is 2.20. The smallest absolute Gasteiger partial charge is 0.0159 e. The molecule has 0 aliphatic heterocycles. The fourth-order valence-corrected chi connectivity index (χ4v) is 4.11. The molecule has 0 heterocycles. The van der Waals surface area contributed by atoms with E-state index < -0.39 is 0 Å². The van der Waals surface area contributed by atoms with E-state index in [1.165, 1.54) is 50.9 Å². The second-order valence-corrected chi connectivity index (χ2v) is 7.59. The Morgan fingerprint density at radius 3 is 2.29 bits per heavy atom. The average molecular weight is 316 g/mol. The maximum Gasteiger partial charge on any atom is 0.0159 e. The highest BCUT2D eigenvalue weighted by molar-refractivity contribution is 5.91. The van der Waals surface area contributed by atoms with Crippen molar-refractivity contribution >= 4 is 12.2 Å². The first kappa shape index (κ1) is 16.8. The molecule has 0 spiro atoms. The van der Waals surface area contributed by atoms with Crippen LogP contribution in [0.2, 0.25) is 0 Å². The summed E-state index contributed by atoms with van der Waals surface area (Å²) in [4.78, 5) is 0. The number of hydrogen-bond acceptors (Lipinski definition) is 0. The molecule has 0 amide bonds. The second-order valence-electron chi connectivity index (χ2n) is 7.59. The molecule has 1 aliphatic rings. The largest absolute Gasteiger partial charge is 0.0984 e. The number of hydrogen-bond donors (Lipinski definition) is 0. The lowest BCUT2D eigenvalue weighted by molar-refractivity contribution is 0.654. The Kier molecular flexibility index (Phi) is 4.03. The van der Waals surface area contributed by atoms with Crippen molar-refractivity contribution in [3.63, 3.8) is 0 Å². The van der Waals surface area contributed by atoms with Crippen molar-refractivity contribution in [1.29, 1.82) is 0 Å². The van der Waals surface area contributed by atoms with Crippen molar-refractivity contribution in [3.05, 3.63) is 70.8 Å². The van der Waals surface area contributed by atoms with Gasteiger partial charge in [-0.1, -0.05) is 77.3 Å². The minimum absolute atomic E-state index is 0.0242. The third-order valence-corrected chi connectivity index (χ3v) is 5.86. The summed E-state index contributed by atoms with van der Waals surface area (Å²) in [7, 11) is 0. The van der Waals surface area contributed by atoms with E-state index in [1.54, 1.807) is 0 Å². The normalized spacial score (nSPS) is 15.5. The zero-order valence-corrected chi connectivity index (χ0v) is 15.7. The van der Waals surface area contributed by atoms with Gasteiger partial charge in [-0.15, -0.1) is 0 Å². The summed E-state index contributed by atoms with van der Waals surface area (Å²) in [6.45, 7) is 19.5. The van der Waals surface area contributed by atoms with Gasteiger partial charge >= 0.3 is 0 Å². The monoisotopic (exact) mass is 316 g/mol. The van der Waals surface area contributed by atoms with Gasteiger partial charge in [0.1, 0.15) is 0 Å². The molecule has 1 atom stereocenters. The van der Waals surface area contributed by atoms with Crippen LogP contribution in [-0.2, 0) is 5.41 Å². The number of aryl methyl sites for hydroxylation is 1. The van der Waals surface area contributed by atoms with Crippen LogP contribution in [0.4, 0.5) is 0 Å². The van der Waals surface area contributed by atoms with Gasteiger partial charge in [0.25, 0.3) is 0 Å². The van der Waals surface area contributed by atoms with Crippen molar-refractivity contribution in [2.45, 2.75) is 52.4 Å². The zero-order chi connectivity index (χ0) is 17.6. The molecule has 1 unspecified atom stereocenters. The quantitative estimate of drug-likeness (QED) is 0.564. The molecule has 3 rings (SSSR count). The fourth-order valence-electron chi connectivity index (χ4n) is 4.11. The van der Waals surface area contributed by atoms with Crippen molar-refractivity contribution in [2.24, 2.45) is 0 Å². The summed E-state index contributed by atoms with van der Waals surface area (Å²) < 4.78 is 0. The van der Waals surface area contributed by atoms with Gasteiger partial charge in [-0.2, -0.15) is 0 Å². The molecule has 0 nitrogen and oxygen atoms in total. The molecule has 0 N–H and O–H groups in total. The summed E-state index contributed by atoms with van der Waals surface area (Å²) in [6, 6.07) is 9.40. The van der Waals surface area contributed by atoms with Crippen LogP contribution in [0.3, 0.4) is 0 Å². The van der Waals surface area contributed by atoms with Gasteiger partial charge in [0.05, 0.1) is 0 Å². The number of benzene rings is 2. The van der Waals surface area contributed by atoms with E-state index in [4.69, 9.17) is 0 Å². The van der Waals surface area contributed by atoms with Crippen LogP contribution in [0.1, 0.15) is 73.4 Å². The van der Waals surface area contributed by atoms with Crippen LogP contribution in [-0.4, -0.2) is 0 Å². The first-order chi connectivity index (χ1) is 11.4. The van der Waals surface area contributed by atoms with Gasteiger partial charge in [-0.3, -0.25) is 0 Å². The van der Waals surface area contributed by atoms with Crippen LogP contribution >= 0.6 is 0 Å². The molecule has 2 aromatic carbocycles. The molecule has 24 heavy (non-hydrogen) atoms. The molecular weight excluding hydrogens is 288 g/mol. The lowest BCUT2D eigenvalue weighted by Gasteiger charge is -2.24. The summed E-state index contributed by atoms with van der Waals surface area (Å²) in [5.41, 5.74) is 10.7. The van der Waals surface area contributed by atoms with E-state index in [0.29, 0.717) is 5.92 Å². The Labute approximate surface area is 146 Å². The molecule has 1 aliphatic carbocycles. The maximum atomic E-state index is 4.09. The Balaban J connectivity index is 2.36. The van der Waals surface area contributed by atoms with Gasteiger partial charge in [-0.05, 0) is 63.8 Å². The first-order valence-electron chi connectivity index (χ1n) is 8.94. The van der Waals surface area contributed by atoms with E-state index in [-0.39, 0.29) is 5.41 Å².